The number of hydrogen-bond donors (Lipinski definition) is 1. The van der Waals surface area contributed by atoms with Gasteiger partial charge in [-0.25, -0.2) is 9.69 Å². The van der Waals surface area contributed by atoms with Crippen molar-refractivity contribution in [2.75, 3.05) is 44.9 Å². The fourth-order valence-corrected chi connectivity index (χ4v) is 4.78. The molecular weight excluding hydrogens is 448 g/mol. The van der Waals surface area contributed by atoms with Crippen molar-refractivity contribution in [3.05, 3.63) is 58.6 Å². The van der Waals surface area contributed by atoms with Gasteiger partial charge >= 0.3 is 6.03 Å². The molecule has 4 rings (SSSR count). The van der Waals surface area contributed by atoms with Crippen LogP contribution in [-0.4, -0.2) is 61.7 Å². The van der Waals surface area contributed by atoms with Gasteiger partial charge in [0.25, 0.3) is 5.91 Å². The lowest BCUT2D eigenvalue weighted by atomic mass is 9.92. The van der Waals surface area contributed by atoms with E-state index in [2.05, 4.69) is 37.1 Å². The molecule has 2 aromatic rings. The molecule has 8 heteroatoms. The number of benzene rings is 2. The number of piperazine rings is 1. The summed E-state index contributed by atoms with van der Waals surface area (Å²) in [5.41, 5.74) is 0.749. The average molecular weight is 473 g/mol. The van der Waals surface area contributed by atoms with Crippen LogP contribution in [0.1, 0.15) is 12.5 Å². The summed E-state index contributed by atoms with van der Waals surface area (Å²) in [5, 5.41) is 2.88. The minimum atomic E-state index is -1.07. The lowest BCUT2D eigenvalue weighted by molar-refractivity contribution is -0.132. The molecule has 2 aromatic carbocycles. The fraction of sp³-hybridized carbons (Fsp3) is 0.364. The zero-order valence-corrected chi connectivity index (χ0v) is 18.7. The third-order valence-electron chi connectivity index (χ3n) is 5.83. The molecule has 1 atom stereocenters. The van der Waals surface area contributed by atoms with Crippen LogP contribution in [0, 0.1) is 0 Å². The number of halogens is 1. The third kappa shape index (κ3) is 3.65. The Bertz CT molecular complexity index is 961. The predicted molar refractivity (Wildman–Crippen MR) is 119 cm³/mol. The van der Waals surface area contributed by atoms with E-state index in [9.17, 15) is 9.59 Å². The number of ether oxygens (including phenoxy) is 1. The Morgan fingerprint density at radius 3 is 2.40 bits per heavy atom. The molecule has 0 bridgehead atoms. The normalized spacial score (nSPS) is 22.4. The minimum absolute atomic E-state index is 0.230. The quantitative estimate of drug-likeness (QED) is 0.677. The van der Waals surface area contributed by atoms with E-state index in [0.717, 1.165) is 47.7 Å². The highest BCUT2D eigenvalue weighted by molar-refractivity contribution is 9.10. The minimum Gasteiger partial charge on any atom is -0.495 e. The average Bonchev–Trinajstić information content (AvgIpc) is 2.98. The number of anilines is 1. The summed E-state index contributed by atoms with van der Waals surface area (Å²) in [4.78, 5) is 31.6. The van der Waals surface area contributed by atoms with Gasteiger partial charge in [-0.2, -0.15) is 0 Å². The highest BCUT2D eigenvalue weighted by Gasteiger charge is 2.50. The van der Waals surface area contributed by atoms with Crippen molar-refractivity contribution in [1.29, 1.82) is 0 Å². The van der Waals surface area contributed by atoms with Gasteiger partial charge in [-0.3, -0.25) is 9.69 Å². The van der Waals surface area contributed by atoms with Gasteiger partial charge in [0.05, 0.1) is 19.5 Å². The van der Waals surface area contributed by atoms with Crippen molar-refractivity contribution in [3.63, 3.8) is 0 Å². The molecule has 0 aromatic heterocycles. The van der Waals surface area contributed by atoms with Gasteiger partial charge in [-0.05, 0) is 25.1 Å². The first-order chi connectivity index (χ1) is 14.4. The SMILES string of the molecule is COc1ccccc1N1CCN(CN2C(=O)N[C@](C)(c3ccccc3Br)C2=O)CC1. The van der Waals surface area contributed by atoms with Crippen LogP contribution in [0.15, 0.2) is 53.0 Å². The van der Waals surface area contributed by atoms with E-state index < -0.39 is 5.54 Å². The molecule has 0 unspecified atom stereocenters. The monoisotopic (exact) mass is 472 g/mol. The fourth-order valence-electron chi connectivity index (χ4n) is 4.10. The van der Waals surface area contributed by atoms with Crippen LogP contribution >= 0.6 is 15.9 Å². The Labute approximate surface area is 184 Å². The molecule has 2 aliphatic rings. The van der Waals surface area contributed by atoms with Crippen molar-refractivity contribution in [1.82, 2.24) is 15.1 Å². The molecule has 1 N–H and O–H groups in total. The number of carbonyl (C=O) groups is 2. The number of urea groups is 1. The van der Waals surface area contributed by atoms with Crippen LogP contribution in [0.2, 0.25) is 0 Å². The molecule has 2 saturated heterocycles. The molecular formula is C22H25BrN4O3. The third-order valence-corrected chi connectivity index (χ3v) is 6.52. The lowest BCUT2D eigenvalue weighted by Crippen LogP contribution is -2.51. The predicted octanol–water partition coefficient (Wildman–Crippen LogP) is 3.00. The molecule has 3 amide bonds. The Morgan fingerprint density at radius 1 is 1.03 bits per heavy atom. The Kier molecular flexibility index (Phi) is 5.71. The maximum Gasteiger partial charge on any atom is 0.326 e. The number of nitrogens with zero attached hydrogens (tertiary/aromatic N) is 3. The van der Waals surface area contributed by atoms with E-state index in [1.165, 1.54) is 4.90 Å². The molecule has 158 valence electrons. The summed E-state index contributed by atoms with van der Waals surface area (Å²) in [6.07, 6.45) is 0. The summed E-state index contributed by atoms with van der Waals surface area (Å²) in [5.74, 6) is 0.621. The molecule has 0 saturated carbocycles. The van der Waals surface area contributed by atoms with Crippen molar-refractivity contribution in [2.45, 2.75) is 12.5 Å². The maximum atomic E-state index is 13.2. The topological polar surface area (TPSA) is 65.1 Å². The smallest absolute Gasteiger partial charge is 0.326 e. The molecule has 2 aliphatic heterocycles. The first-order valence-corrected chi connectivity index (χ1v) is 10.7. The molecule has 2 heterocycles. The second-order valence-corrected chi connectivity index (χ2v) is 8.54. The molecule has 0 radical (unpaired) electrons. The summed E-state index contributed by atoms with van der Waals surface area (Å²) in [7, 11) is 1.68. The van der Waals surface area contributed by atoms with Crippen LogP contribution in [0.4, 0.5) is 10.5 Å². The van der Waals surface area contributed by atoms with Gasteiger partial charge < -0.3 is 15.0 Å². The zero-order chi connectivity index (χ0) is 21.3. The largest absolute Gasteiger partial charge is 0.495 e. The number of rotatable bonds is 5. The Morgan fingerprint density at radius 2 is 1.70 bits per heavy atom. The van der Waals surface area contributed by atoms with Gasteiger partial charge in [0, 0.05) is 36.2 Å². The summed E-state index contributed by atoms with van der Waals surface area (Å²) < 4.78 is 6.27. The second-order valence-electron chi connectivity index (χ2n) is 7.69. The van der Waals surface area contributed by atoms with E-state index in [4.69, 9.17) is 4.74 Å². The van der Waals surface area contributed by atoms with Crippen LogP contribution in [0.3, 0.4) is 0 Å². The number of nitrogens with one attached hydrogen (secondary N) is 1. The number of imide groups is 1. The van der Waals surface area contributed by atoms with Gasteiger partial charge in [0.15, 0.2) is 0 Å². The van der Waals surface area contributed by atoms with E-state index in [1.54, 1.807) is 14.0 Å². The first kappa shape index (κ1) is 20.7. The summed E-state index contributed by atoms with van der Waals surface area (Å²) in [6, 6.07) is 15.1. The number of methoxy groups -OCH3 is 1. The number of para-hydroxylation sites is 2. The van der Waals surface area contributed by atoms with Gasteiger partial charge in [-0.1, -0.05) is 46.3 Å². The van der Waals surface area contributed by atoms with E-state index in [0.29, 0.717) is 0 Å². The van der Waals surface area contributed by atoms with Crippen LogP contribution in [0.5, 0.6) is 5.75 Å². The van der Waals surface area contributed by atoms with Crippen LogP contribution < -0.4 is 15.0 Å². The van der Waals surface area contributed by atoms with Crippen molar-refractivity contribution in [3.8, 4) is 5.75 Å². The number of carbonyl (C=O) groups excluding carboxylic acids is 2. The Hall–Kier alpha value is -2.58. The molecule has 2 fully saturated rings. The van der Waals surface area contributed by atoms with E-state index >= 15 is 0 Å². The van der Waals surface area contributed by atoms with Gasteiger partial charge in [0.1, 0.15) is 11.3 Å². The van der Waals surface area contributed by atoms with E-state index in [-0.39, 0.29) is 18.6 Å². The zero-order valence-electron chi connectivity index (χ0n) is 17.1. The van der Waals surface area contributed by atoms with Crippen LogP contribution in [-0.2, 0) is 10.3 Å². The first-order valence-electron chi connectivity index (χ1n) is 9.93. The van der Waals surface area contributed by atoms with E-state index in [1.807, 2.05) is 42.5 Å². The molecule has 0 aliphatic carbocycles. The highest BCUT2D eigenvalue weighted by atomic mass is 79.9. The standard InChI is InChI=1S/C22H25BrN4O3/c1-22(16-7-3-4-8-17(16)23)20(28)27(21(29)24-22)15-25-11-13-26(14-12-25)18-9-5-6-10-19(18)30-2/h3-10H,11-15H2,1-2H3,(H,24,29)/t22-/m1/s1. The van der Waals surface area contributed by atoms with Gasteiger partial charge in [-0.15, -0.1) is 0 Å². The highest BCUT2D eigenvalue weighted by Crippen LogP contribution is 2.34. The molecule has 30 heavy (non-hydrogen) atoms. The number of amides is 3. The van der Waals surface area contributed by atoms with Crippen molar-refractivity contribution < 1.29 is 14.3 Å². The Balaban J connectivity index is 1.43. The molecule has 7 nitrogen and oxygen atoms in total. The second kappa shape index (κ2) is 8.28. The number of hydrogen-bond acceptors (Lipinski definition) is 5. The van der Waals surface area contributed by atoms with Gasteiger partial charge in [0.2, 0.25) is 0 Å². The maximum absolute atomic E-state index is 13.2. The van der Waals surface area contributed by atoms with Crippen molar-refractivity contribution >= 4 is 33.6 Å². The van der Waals surface area contributed by atoms with Crippen molar-refractivity contribution in [2.24, 2.45) is 0 Å². The molecule has 0 spiro atoms. The van der Waals surface area contributed by atoms with Crippen LogP contribution in [0.25, 0.3) is 0 Å². The summed E-state index contributed by atoms with van der Waals surface area (Å²) in [6.45, 7) is 5.14. The lowest BCUT2D eigenvalue weighted by Gasteiger charge is -2.37. The summed E-state index contributed by atoms with van der Waals surface area (Å²) >= 11 is 3.50.